The molecule has 0 aromatic rings. The number of esters is 3. The molecule has 6 atom stereocenters. The van der Waals surface area contributed by atoms with Crippen LogP contribution in [0.15, 0.2) is 0 Å². The van der Waals surface area contributed by atoms with Crippen LogP contribution in [-0.2, 0) is 28.6 Å². The van der Waals surface area contributed by atoms with Crippen molar-refractivity contribution in [2.75, 3.05) is 0 Å². The third-order valence-electron chi connectivity index (χ3n) is 11.1. The minimum Gasteiger partial charge on any atom is -0.462 e. The van der Waals surface area contributed by atoms with Gasteiger partial charge in [0.15, 0.2) is 0 Å². The van der Waals surface area contributed by atoms with Gasteiger partial charge in [-0.2, -0.15) is 0 Å². The molecule has 7 nitrogen and oxygen atoms in total. The van der Waals surface area contributed by atoms with Gasteiger partial charge in [-0.3, -0.25) is 14.4 Å². The molecule has 2 heterocycles. The van der Waals surface area contributed by atoms with Gasteiger partial charge in [-0.1, -0.05) is 0 Å². The van der Waals surface area contributed by atoms with Crippen LogP contribution in [0.25, 0.3) is 0 Å². The Labute approximate surface area is 213 Å². The minimum atomic E-state index is -0.562. The number of hydrogen-bond donors (Lipinski definition) is 1. The van der Waals surface area contributed by atoms with Crippen molar-refractivity contribution in [1.29, 1.82) is 0 Å². The fourth-order valence-electron chi connectivity index (χ4n) is 10.8. The highest BCUT2D eigenvalue weighted by Crippen LogP contribution is 2.62. The third kappa shape index (κ3) is 3.50. The summed E-state index contributed by atoms with van der Waals surface area (Å²) in [6.07, 6.45) is 7.83. The first-order chi connectivity index (χ1) is 16.9. The number of carbonyl (C=O) groups excluding carboxylic acids is 3. The van der Waals surface area contributed by atoms with Crippen LogP contribution in [0.4, 0.5) is 0 Å². The van der Waals surface area contributed by atoms with E-state index >= 15 is 0 Å². The first-order valence-electron chi connectivity index (χ1n) is 14.4. The number of hydrogen-bond acceptors (Lipinski definition) is 6. The van der Waals surface area contributed by atoms with Crippen LogP contribution in [0.5, 0.6) is 0 Å². The maximum absolute atomic E-state index is 13.7. The second-order valence-corrected chi connectivity index (χ2v) is 15.2. The standard InChI is InChI=1S/C29H41NO6/c1-27(2)12-17(13-28(3,4)30-27)34-24(31)20-19-8-18-21(20)25(32)35-22(18)23(19)36-26(33)29-9-14-5-15(10-29)7-16(6-14)11-29/h14-23,30H,5-13H2,1-4H3/p+1. The van der Waals surface area contributed by atoms with E-state index in [1.54, 1.807) is 0 Å². The molecule has 0 aromatic carbocycles. The number of carbonyl (C=O) groups is 3. The zero-order valence-electron chi connectivity index (χ0n) is 22.2. The molecule has 2 saturated heterocycles. The molecule has 0 radical (unpaired) electrons. The summed E-state index contributed by atoms with van der Waals surface area (Å²) in [5, 5.41) is 2.36. The van der Waals surface area contributed by atoms with E-state index in [0.717, 1.165) is 32.1 Å². The SMILES string of the molecule is CC1(C)CC(OC(=O)C2C3CC4C(OC(=O)C42)C3OC(=O)C23CC4CC(CC(C4)C2)C3)CC(C)(C)[NH2+]1. The summed E-state index contributed by atoms with van der Waals surface area (Å²) in [6.45, 7) is 8.74. The zero-order valence-corrected chi connectivity index (χ0v) is 22.2. The van der Waals surface area contributed by atoms with E-state index in [4.69, 9.17) is 14.2 Å². The van der Waals surface area contributed by atoms with Crippen LogP contribution in [0.3, 0.4) is 0 Å². The lowest BCUT2D eigenvalue weighted by atomic mass is 9.49. The fraction of sp³-hybridized carbons (Fsp3) is 0.897. The van der Waals surface area contributed by atoms with Crippen LogP contribution in [0.2, 0.25) is 0 Å². The quantitative estimate of drug-likeness (QED) is 0.471. The predicted octanol–water partition coefficient (Wildman–Crippen LogP) is 2.75. The summed E-state index contributed by atoms with van der Waals surface area (Å²) < 4.78 is 18.2. The van der Waals surface area contributed by atoms with Gasteiger partial charge in [-0.05, 0) is 90.4 Å². The molecule has 0 aromatic heterocycles. The van der Waals surface area contributed by atoms with Gasteiger partial charge in [0, 0.05) is 24.7 Å². The average molecular weight is 501 g/mol. The molecule has 6 saturated carbocycles. The highest BCUT2D eigenvalue weighted by Gasteiger charge is 2.71. The lowest BCUT2D eigenvalue weighted by Crippen LogP contribution is -3.06. The van der Waals surface area contributed by atoms with E-state index in [-0.39, 0.29) is 52.3 Å². The first kappa shape index (κ1) is 23.5. The molecule has 6 bridgehead atoms. The van der Waals surface area contributed by atoms with Gasteiger partial charge in [0.25, 0.3) is 0 Å². The molecule has 2 N–H and O–H groups in total. The predicted molar refractivity (Wildman–Crippen MR) is 128 cm³/mol. The van der Waals surface area contributed by atoms with Gasteiger partial charge in [-0.15, -0.1) is 0 Å². The Kier molecular flexibility index (Phi) is 4.88. The summed E-state index contributed by atoms with van der Waals surface area (Å²) in [4.78, 5) is 40.3. The van der Waals surface area contributed by atoms with E-state index in [1.165, 1.54) is 19.3 Å². The van der Waals surface area contributed by atoms with Crippen molar-refractivity contribution < 1.29 is 33.9 Å². The van der Waals surface area contributed by atoms with Gasteiger partial charge in [-0.25, -0.2) is 0 Å². The Morgan fingerprint density at radius 3 is 2.00 bits per heavy atom. The number of rotatable bonds is 4. The zero-order chi connectivity index (χ0) is 25.2. The largest absolute Gasteiger partial charge is 0.462 e. The monoisotopic (exact) mass is 500 g/mol. The lowest BCUT2D eigenvalue weighted by molar-refractivity contribution is -0.789. The topological polar surface area (TPSA) is 95.5 Å². The maximum Gasteiger partial charge on any atom is 0.312 e. The summed E-state index contributed by atoms with van der Waals surface area (Å²) in [5.41, 5.74) is -0.395. The van der Waals surface area contributed by atoms with Crippen LogP contribution < -0.4 is 5.32 Å². The highest BCUT2D eigenvalue weighted by molar-refractivity contribution is 5.86. The van der Waals surface area contributed by atoms with Crippen molar-refractivity contribution in [2.45, 2.75) is 115 Å². The molecule has 0 amide bonds. The van der Waals surface area contributed by atoms with Gasteiger partial charge in [0.05, 0.1) is 28.3 Å². The Hall–Kier alpha value is -1.63. The Bertz CT molecular complexity index is 950. The van der Waals surface area contributed by atoms with Gasteiger partial charge in [0.1, 0.15) is 18.3 Å². The van der Waals surface area contributed by atoms with E-state index in [0.29, 0.717) is 24.2 Å². The molecular formula is C29H42NO6+. The number of ether oxygens (including phenoxy) is 3. The van der Waals surface area contributed by atoms with Crippen molar-refractivity contribution in [2.24, 2.45) is 46.8 Å². The summed E-state index contributed by atoms with van der Waals surface area (Å²) in [5.74, 6) is 0.0478. The molecule has 8 fully saturated rings. The Morgan fingerprint density at radius 2 is 1.42 bits per heavy atom. The second kappa shape index (κ2) is 7.48. The molecule has 0 spiro atoms. The molecule has 2 aliphatic heterocycles. The summed E-state index contributed by atoms with van der Waals surface area (Å²) in [6, 6.07) is 0. The maximum atomic E-state index is 13.7. The molecule has 6 unspecified atom stereocenters. The Balaban J connectivity index is 1.09. The van der Waals surface area contributed by atoms with E-state index in [9.17, 15) is 14.4 Å². The van der Waals surface area contributed by atoms with E-state index in [2.05, 4.69) is 33.0 Å². The molecule has 198 valence electrons. The van der Waals surface area contributed by atoms with Crippen LogP contribution in [0, 0.1) is 46.8 Å². The fourth-order valence-corrected chi connectivity index (χ4v) is 10.8. The smallest absolute Gasteiger partial charge is 0.312 e. The number of nitrogens with two attached hydrogens (primary N) is 1. The van der Waals surface area contributed by atoms with Crippen LogP contribution in [0.1, 0.15) is 85.5 Å². The molecular weight excluding hydrogens is 458 g/mol. The minimum absolute atomic E-state index is 0.0192. The Morgan fingerprint density at radius 1 is 0.833 bits per heavy atom. The second-order valence-electron chi connectivity index (χ2n) is 15.2. The lowest BCUT2D eigenvalue weighted by Gasteiger charge is -2.55. The molecule has 8 aliphatic rings. The normalized spacial score (nSPS) is 49.2. The van der Waals surface area contributed by atoms with Gasteiger partial charge < -0.3 is 19.5 Å². The van der Waals surface area contributed by atoms with Gasteiger partial charge in [0.2, 0.25) is 0 Å². The number of piperidine rings is 1. The highest BCUT2D eigenvalue weighted by atomic mass is 16.6. The molecule has 6 aliphatic carbocycles. The van der Waals surface area contributed by atoms with E-state index < -0.39 is 24.0 Å². The van der Waals surface area contributed by atoms with Crippen LogP contribution in [-0.4, -0.2) is 47.3 Å². The molecule has 36 heavy (non-hydrogen) atoms. The third-order valence-corrected chi connectivity index (χ3v) is 11.1. The summed E-state index contributed by atoms with van der Waals surface area (Å²) in [7, 11) is 0. The molecule has 7 heteroatoms. The van der Waals surface area contributed by atoms with Crippen molar-refractivity contribution in [1.82, 2.24) is 0 Å². The van der Waals surface area contributed by atoms with Crippen molar-refractivity contribution in [3.63, 3.8) is 0 Å². The molecule has 8 rings (SSSR count). The summed E-state index contributed by atoms with van der Waals surface area (Å²) >= 11 is 0. The first-order valence-corrected chi connectivity index (χ1v) is 14.4. The average Bonchev–Trinajstić information content (AvgIpc) is 3.34. The number of fused-ring (bicyclic) bond motifs is 1. The van der Waals surface area contributed by atoms with Crippen LogP contribution >= 0.6 is 0 Å². The van der Waals surface area contributed by atoms with Crippen molar-refractivity contribution in [3.8, 4) is 0 Å². The van der Waals surface area contributed by atoms with E-state index in [1.807, 2.05) is 0 Å². The van der Waals surface area contributed by atoms with Gasteiger partial charge >= 0.3 is 17.9 Å². The van der Waals surface area contributed by atoms with Crippen molar-refractivity contribution >= 4 is 17.9 Å². The number of quaternary nitrogens is 1. The van der Waals surface area contributed by atoms with Crippen molar-refractivity contribution in [3.05, 3.63) is 0 Å².